The Balaban J connectivity index is 2.16. The summed E-state index contributed by atoms with van der Waals surface area (Å²) in [4.78, 5) is 41.3. The minimum absolute atomic E-state index is 0.120. The molecule has 7 heteroatoms. The molecule has 0 saturated heterocycles. The van der Waals surface area contributed by atoms with Gasteiger partial charge < -0.3 is 4.57 Å². The van der Waals surface area contributed by atoms with Crippen LogP contribution in [0, 0.1) is 6.92 Å². The molecule has 2 aromatic heterocycles. The van der Waals surface area contributed by atoms with Crippen molar-refractivity contribution in [3.8, 4) is 0 Å². The maximum atomic E-state index is 12.7. The summed E-state index contributed by atoms with van der Waals surface area (Å²) in [6.07, 6.45) is 1.43. The van der Waals surface area contributed by atoms with Crippen molar-refractivity contribution in [2.75, 3.05) is 0 Å². The third-order valence-corrected chi connectivity index (χ3v) is 4.31. The average Bonchev–Trinajstić information content (AvgIpc) is 3.02. The van der Waals surface area contributed by atoms with E-state index in [2.05, 4.69) is 4.98 Å². The molecule has 0 aliphatic carbocycles. The second-order valence-corrected chi connectivity index (χ2v) is 5.94. The van der Waals surface area contributed by atoms with E-state index in [-0.39, 0.29) is 16.9 Å². The van der Waals surface area contributed by atoms with E-state index in [4.69, 9.17) is 0 Å². The number of carbonyl (C=O) groups excluding carboxylic acids is 1. The van der Waals surface area contributed by atoms with E-state index < -0.39 is 17.3 Å². The van der Waals surface area contributed by atoms with Crippen molar-refractivity contribution < 1.29 is 4.79 Å². The van der Waals surface area contributed by atoms with Gasteiger partial charge in [-0.15, -0.1) is 0 Å². The van der Waals surface area contributed by atoms with Crippen LogP contribution >= 0.6 is 0 Å². The Bertz CT molecular complexity index is 1050. The minimum atomic E-state index is -0.608. The Kier molecular flexibility index (Phi) is 3.71. The number of benzene rings is 1. The Morgan fingerprint density at radius 1 is 1.08 bits per heavy atom. The molecule has 0 amide bonds. The first kappa shape index (κ1) is 15.9. The van der Waals surface area contributed by atoms with Crippen LogP contribution in [-0.2, 0) is 14.1 Å². The van der Waals surface area contributed by atoms with Gasteiger partial charge in [0.1, 0.15) is 0 Å². The molecule has 3 rings (SSSR count). The van der Waals surface area contributed by atoms with Gasteiger partial charge in [0.15, 0.2) is 16.9 Å². The number of ketones is 1. The molecule has 0 N–H and O–H groups in total. The Morgan fingerprint density at radius 3 is 2.33 bits per heavy atom. The quantitative estimate of drug-likeness (QED) is 0.677. The molecular formula is C17H18N4O3. The van der Waals surface area contributed by atoms with Gasteiger partial charge in [0.25, 0.3) is 5.56 Å². The first-order valence-corrected chi connectivity index (χ1v) is 7.56. The SMILES string of the molecule is Cc1ccc(C(=O)[C@@H](C)n2cnc3c2c(=O)n(C)c(=O)n3C)cc1. The zero-order valence-corrected chi connectivity index (χ0v) is 14.0. The number of aryl methyl sites for hydroxylation is 2. The monoisotopic (exact) mass is 326 g/mol. The molecule has 0 fully saturated rings. The summed E-state index contributed by atoms with van der Waals surface area (Å²) >= 11 is 0. The molecule has 1 aromatic carbocycles. The smallest absolute Gasteiger partial charge is 0.314 e. The van der Waals surface area contributed by atoms with Crippen LogP contribution in [0.5, 0.6) is 0 Å². The van der Waals surface area contributed by atoms with Crippen molar-refractivity contribution in [3.05, 3.63) is 62.6 Å². The van der Waals surface area contributed by atoms with Crippen LogP contribution in [0.4, 0.5) is 0 Å². The van der Waals surface area contributed by atoms with Crippen molar-refractivity contribution in [2.24, 2.45) is 14.1 Å². The molecule has 2 heterocycles. The van der Waals surface area contributed by atoms with Gasteiger partial charge in [-0.1, -0.05) is 29.8 Å². The highest BCUT2D eigenvalue weighted by Crippen LogP contribution is 2.18. The van der Waals surface area contributed by atoms with Gasteiger partial charge in [0.05, 0.1) is 12.4 Å². The lowest BCUT2D eigenvalue weighted by molar-refractivity contribution is 0.0937. The zero-order valence-electron chi connectivity index (χ0n) is 14.0. The number of hydrogen-bond donors (Lipinski definition) is 0. The molecule has 0 aliphatic rings. The van der Waals surface area contributed by atoms with Gasteiger partial charge in [-0.2, -0.15) is 0 Å². The highest BCUT2D eigenvalue weighted by atomic mass is 16.2. The first-order valence-electron chi connectivity index (χ1n) is 7.56. The van der Waals surface area contributed by atoms with Crippen LogP contribution in [0.3, 0.4) is 0 Å². The highest BCUT2D eigenvalue weighted by Gasteiger charge is 2.22. The van der Waals surface area contributed by atoms with Gasteiger partial charge in [-0.05, 0) is 13.8 Å². The predicted molar refractivity (Wildman–Crippen MR) is 90.4 cm³/mol. The van der Waals surface area contributed by atoms with Crippen LogP contribution < -0.4 is 11.2 Å². The lowest BCUT2D eigenvalue weighted by Gasteiger charge is -2.14. The fourth-order valence-corrected chi connectivity index (χ4v) is 2.74. The van der Waals surface area contributed by atoms with Gasteiger partial charge in [-0.25, -0.2) is 9.78 Å². The maximum Gasteiger partial charge on any atom is 0.332 e. The van der Waals surface area contributed by atoms with Crippen LogP contribution in [0.2, 0.25) is 0 Å². The first-order chi connectivity index (χ1) is 11.3. The van der Waals surface area contributed by atoms with Crippen molar-refractivity contribution in [1.82, 2.24) is 18.7 Å². The predicted octanol–water partition coefficient (Wildman–Crippen LogP) is 1.19. The van der Waals surface area contributed by atoms with Gasteiger partial charge in [0, 0.05) is 19.7 Å². The molecule has 24 heavy (non-hydrogen) atoms. The summed E-state index contributed by atoms with van der Waals surface area (Å²) in [6.45, 7) is 3.67. The number of aromatic nitrogens is 4. The second kappa shape index (κ2) is 5.59. The summed E-state index contributed by atoms with van der Waals surface area (Å²) in [5.41, 5.74) is 1.23. The molecule has 0 radical (unpaired) electrons. The topological polar surface area (TPSA) is 78.9 Å². The summed E-state index contributed by atoms with van der Waals surface area (Å²) in [7, 11) is 2.96. The number of carbonyl (C=O) groups is 1. The van der Waals surface area contributed by atoms with Crippen LogP contribution in [0.1, 0.15) is 28.9 Å². The summed E-state index contributed by atoms with van der Waals surface area (Å²) in [5.74, 6) is -0.120. The second-order valence-electron chi connectivity index (χ2n) is 5.94. The lowest BCUT2D eigenvalue weighted by Crippen LogP contribution is -2.38. The lowest BCUT2D eigenvalue weighted by atomic mass is 10.0. The third kappa shape index (κ3) is 2.29. The Hall–Kier alpha value is -2.96. The highest BCUT2D eigenvalue weighted by molar-refractivity contribution is 5.99. The maximum absolute atomic E-state index is 12.7. The van der Waals surface area contributed by atoms with Gasteiger partial charge >= 0.3 is 5.69 Å². The third-order valence-electron chi connectivity index (χ3n) is 4.31. The van der Waals surface area contributed by atoms with Gasteiger partial charge in [0.2, 0.25) is 0 Å². The minimum Gasteiger partial charge on any atom is -0.314 e. The van der Waals surface area contributed by atoms with E-state index in [9.17, 15) is 14.4 Å². The van der Waals surface area contributed by atoms with E-state index in [0.717, 1.165) is 10.1 Å². The average molecular weight is 326 g/mol. The fourth-order valence-electron chi connectivity index (χ4n) is 2.74. The van der Waals surface area contributed by atoms with Crippen molar-refractivity contribution in [1.29, 1.82) is 0 Å². The molecule has 1 atom stereocenters. The van der Waals surface area contributed by atoms with E-state index >= 15 is 0 Å². The number of nitrogens with zero attached hydrogens (tertiary/aromatic N) is 4. The summed E-state index contributed by atoms with van der Waals surface area (Å²) in [5, 5.41) is 0. The van der Waals surface area contributed by atoms with E-state index in [0.29, 0.717) is 5.56 Å². The molecular weight excluding hydrogens is 308 g/mol. The standard InChI is InChI=1S/C17H18N4O3/c1-10-5-7-12(8-6-10)14(22)11(2)21-9-18-15-13(21)16(23)20(4)17(24)19(15)3/h5-9,11H,1-4H3/t11-/m1/s1. The summed E-state index contributed by atoms with van der Waals surface area (Å²) in [6, 6.07) is 6.66. The fraction of sp³-hybridized carbons (Fsp3) is 0.294. The number of hydrogen-bond acceptors (Lipinski definition) is 4. The molecule has 7 nitrogen and oxygen atoms in total. The van der Waals surface area contributed by atoms with Crippen LogP contribution in [-0.4, -0.2) is 24.5 Å². The Labute approximate surface area is 137 Å². The van der Waals surface area contributed by atoms with Crippen molar-refractivity contribution in [3.63, 3.8) is 0 Å². The molecule has 124 valence electrons. The summed E-state index contributed by atoms with van der Waals surface area (Å²) < 4.78 is 3.85. The number of rotatable bonds is 3. The molecule has 3 aromatic rings. The van der Waals surface area contributed by atoms with E-state index in [1.54, 1.807) is 26.1 Å². The molecule has 0 saturated carbocycles. The molecule has 0 aliphatic heterocycles. The normalized spacial score (nSPS) is 12.5. The molecule has 0 bridgehead atoms. The Morgan fingerprint density at radius 2 is 1.71 bits per heavy atom. The van der Waals surface area contributed by atoms with Crippen LogP contribution in [0.25, 0.3) is 11.2 Å². The van der Waals surface area contributed by atoms with Crippen molar-refractivity contribution >= 4 is 16.9 Å². The largest absolute Gasteiger partial charge is 0.332 e. The number of imidazole rings is 1. The molecule has 0 unspecified atom stereocenters. The van der Waals surface area contributed by atoms with Gasteiger partial charge in [-0.3, -0.25) is 18.7 Å². The van der Waals surface area contributed by atoms with Crippen molar-refractivity contribution in [2.45, 2.75) is 19.9 Å². The van der Waals surface area contributed by atoms with Crippen LogP contribution in [0.15, 0.2) is 40.2 Å². The zero-order chi connectivity index (χ0) is 17.6. The number of fused-ring (bicyclic) bond motifs is 1. The van der Waals surface area contributed by atoms with E-state index in [1.807, 2.05) is 19.1 Å². The number of Topliss-reactive ketones (excluding diaryl/α,β-unsaturated/α-hetero) is 1. The van der Waals surface area contributed by atoms with E-state index in [1.165, 1.54) is 22.5 Å². The molecule has 0 spiro atoms.